The molecule has 1 saturated heterocycles. The Morgan fingerprint density at radius 2 is 1.89 bits per heavy atom. The number of nitrogens with zero attached hydrogens (tertiary/aromatic N) is 2. The van der Waals surface area contributed by atoms with Crippen molar-refractivity contribution in [3.8, 4) is 11.5 Å². The predicted molar refractivity (Wildman–Crippen MR) is 90.0 cm³/mol. The van der Waals surface area contributed by atoms with Gasteiger partial charge in [0.15, 0.2) is 11.5 Å². The summed E-state index contributed by atoms with van der Waals surface area (Å²) in [6, 6.07) is 2.75. The number of aromatic nitrogens is 2. The number of likely N-dealkylation sites (tertiary alicyclic amines) is 1. The standard InChI is InChI=1S/C17H16F3N3O5/c1-9(24)27-14-7-12-11(15(25)22-8-21-12)6-13(14)28-10-2-4-23(5-3-10)16(26)17(18,19)20/h6-8,10H,2-5H2,1H3,(H,21,22,25). The largest absolute Gasteiger partial charge is 0.486 e. The van der Waals surface area contributed by atoms with Crippen LogP contribution in [-0.4, -0.2) is 52.1 Å². The van der Waals surface area contributed by atoms with Crippen LogP contribution in [0, 0.1) is 0 Å². The van der Waals surface area contributed by atoms with Crippen molar-refractivity contribution in [1.82, 2.24) is 14.9 Å². The second kappa shape index (κ2) is 7.49. The van der Waals surface area contributed by atoms with Crippen LogP contribution in [0.4, 0.5) is 13.2 Å². The van der Waals surface area contributed by atoms with Gasteiger partial charge in [-0.1, -0.05) is 0 Å². The van der Waals surface area contributed by atoms with Crippen LogP contribution >= 0.6 is 0 Å². The van der Waals surface area contributed by atoms with E-state index in [4.69, 9.17) is 9.47 Å². The molecule has 0 bridgehead atoms. The SMILES string of the molecule is CC(=O)Oc1cc2nc[nH]c(=O)c2cc1OC1CCN(C(=O)C(F)(F)F)CC1. The highest BCUT2D eigenvalue weighted by atomic mass is 19.4. The van der Waals surface area contributed by atoms with Gasteiger partial charge in [-0.2, -0.15) is 13.2 Å². The highest BCUT2D eigenvalue weighted by Crippen LogP contribution is 2.33. The number of hydrogen-bond donors (Lipinski definition) is 1. The number of carbonyl (C=O) groups excluding carboxylic acids is 2. The van der Waals surface area contributed by atoms with Crippen LogP contribution in [0.5, 0.6) is 11.5 Å². The smallest absolute Gasteiger partial charge is 0.471 e. The van der Waals surface area contributed by atoms with Crippen molar-refractivity contribution in [2.45, 2.75) is 32.0 Å². The number of halogens is 3. The molecule has 0 unspecified atom stereocenters. The van der Waals surface area contributed by atoms with Crippen LogP contribution in [0.3, 0.4) is 0 Å². The van der Waals surface area contributed by atoms with E-state index in [-0.39, 0.29) is 48.3 Å². The number of alkyl halides is 3. The predicted octanol–water partition coefficient (Wildman–Crippen LogP) is 1.78. The summed E-state index contributed by atoms with van der Waals surface area (Å²) in [6.45, 7) is 0.948. The number of ether oxygens (including phenoxy) is 2. The fourth-order valence-electron chi connectivity index (χ4n) is 2.94. The number of carbonyl (C=O) groups is 2. The minimum atomic E-state index is -4.91. The van der Waals surface area contributed by atoms with E-state index in [2.05, 4.69) is 9.97 Å². The van der Waals surface area contributed by atoms with Gasteiger partial charge in [-0.15, -0.1) is 0 Å². The van der Waals surface area contributed by atoms with Gasteiger partial charge in [0.25, 0.3) is 5.56 Å². The molecule has 2 heterocycles. The van der Waals surface area contributed by atoms with Crippen molar-refractivity contribution in [2.75, 3.05) is 13.1 Å². The highest BCUT2D eigenvalue weighted by Gasteiger charge is 2.43. The summed E-state index contributed by atoms with van der Waals surface area (Å²) < 4.78 is 48.5. The molecule has 0 aliphatic carbocycles. The molecule has 1 N–H and O–H groups in total. The lowest BCUT2D eigenvalue weighted by molar-refractivity contribution is -0.187. The molecule has 11 heteroatoms. The molecule has 1 aromatic heterocycles. The average Bonchev–Trinajstić information content (AvgIpc) is 2.62. The second-order valence-corrected chi connectivity index (χ2v) is 6.25. The Labute approximate surface area is 156 Å². The van der Waals surface area contributed by atoms with Crippen LogP contribution < -0.4 is 15.0 Å². The Morgan fingerprint density at radius 3 is 2.50 bits per heavy atom. The fraction of sp³-hybridized carbons (Fsp3) is 0.412. The topological polar surface area (TPSA) is 102 Å². The van der Waals surface area contributed by atoms with Crippen LogP contribution in [0.2, 0.25) is 0 Å². The number of esters is 1. The molecule has 0 radical (unpaired) electrons. The molecule has 1 fully saturated rings. The molecular weight excluding hydrogens is 383 g/mol. The van der Waals surface area contributed by atoms with E-state index >= 15 is 0 Å². The Balaban J connectivity index is 1.80. The molecule has 1 aromatic carbocycles. The second-order valence-electron chi connectivity index (χ2n) is 6.25. The zero-order chi connectivity index (χ0) is 20.5. The quantitative estimate of drug-likeness (QED) is 0.624. The number of aromatic amines is 1. The summed E-state index contributed by atoms with van der Waals surface area (Å²) in [6.07, 6.45) is -3.91. The van der Waals surface area contributed by atoms with Gasteiger partial charge in [-0.05, 0) is 6.07 Å². The summed E-state index contributed by atoms with van der Waals surface area (Å²) in [5.41, 5.74) is -0.132. The number of piperidine rings is 1. The monoisotopic (exact) mass is 399 g/mol. The van der Waals surface area contributed by atoms with Gasteiger partial charge in [0.2, 0.25) is 0 Å². The van der Waals surface area contributed by atoms with Crippen molar-refractivity contribution < 1.29 is 32.2 Å². The molecule has 150 valence electrons. The third-order valence-corrected chi connectivity index (χ3v) is 4.22. The normalized spacial score (nSPS) is 15.5. The molecule has 1 aliphatic rings. The number of benzene rings is 1. The first-order valence-corrected chi connectivity index (χ1v) is 8.38. The maximum absolute atomic E-state index is 12.5. The van der Waals surface area contributed by atoms with Gasteiger partial charge in [0.05, 0.1) is 17.2 Å². The third kappa shape index (κ3) is 4.24. The van der Waals surface area contributed by atoms with Crippen LogP contribution in [0.25, 0.3) is 10.9 Å². The Morgan fingerprint density at radius 1 is 1.21 bits per heavy atom. The molecule has 1 amide bonds. The third-order valence-electron chi connectivity index (χ3n) is 4.22. The number of rotatable bonds is 3. The lowest BCUT2D eigenvalue weighted by atomic mass is 10.1. The van der Waals surface area contributed by atoms with E-state index in [0.717, 1.165) is 4.90 Å². The van der Waals surface area contributed by atoms with Crippen LogP contribution in [-0.2, 0) is 9.59 Å². The molecule has 0 atom stereocenters. The Bertz CT molecular complexity index is 965. The van der Waals surface area contributed by atoms with Crippen molar-refractivity contribution in [2.24, 2.45) is 0 Å². The molecule has 8 nitrogen and oxygen atoms in total. The van der Waals surface area contributed by atoms with Gasteiger partial charge in [0, 0.05) is 38.9 Å². The van der Waals surface area contributed by atoms with Gasteiger partial charge in [-0.3, -0.25) is 14.4 Å². The maximum atomic E-state index is 12.5. The number of nitrogens with one attached hydrogen (secondary N) is 1. The lowest BCUT2D eigenvalue weighted by Crippen LogP contribution is -2.47. The van der Waals surface area contributed by atoms with Crippen molar-refractivity contribution in [3.05, 3.63) is 28.8 Å². The number of H-pyrrole nitrogens is 1. The van der Waals surface area contributed by atoms with Crippen molar-refractivity contribution in [3.63, 3.8) is 0 Å². The Kier molecular flexibility index (Phi) is 5.25. The zero-order valence-corrected chi connectivity index (χ0v) is 14.7. The first-order chi connectivity index (χ1) is 13.1. The maximum Gasteiger partial charge on any atom is 0.471 e. The van der Waals surface area contributed by atoms with E-state index < -0.39 is 29.7 Å². The van der Waals surface area contributed by atoms with Gasteiger partial charge >= 0.3 is 18.1 Å². The van der Waals surface area contributed by atoms with Crippen molar-refractivity contribution >= 4 is 22.8 Å². The summed E-state index contributed by atoms with van der Waals surface area (Å²) in [4.78, 5) is 41.8. The first-order valence-electron chi connectivity index (χ1n) is 8.38. The number of amides is 1. The van der Waals surface area contributed by atoms with E-state index in [9.17, 15) is 27.6 Å². The number of hydrogen-bond acceptors (Lipinski definition) is 6. The molecule has 2 aromatic rings. The van der Waals surface area contributed by atoms with E-state index in [1.54, 1.807) is 0 Å². The summed E-state index contributed by atoms with van der Waals surface area (Å²) in [7, 11) is 0. The highest BCUT2D eigenvalue weighted by molar-refractivity contribution is 5.83. The number of fused-ring (bicyclic) bond motifs is 1. The van der Waals surface area contributed by atoms with E-state index in [1.807, 2.05) is 0 Å². The molecule has 28 heavy (non-hydrogen) atoms. The molecule has 0 saturated carbocycles. The lowest BCUT2D eigenvalue weighted by Gasteiger charge is -2.32. The molecule has 3 rings (SSSR count). The minimum absolute atomic E-state index is 0.0481. The zero-order valence-electron chi connectivity index (χ0n) is 14.7. The van der Waals surface area contributed by atoms with Crippen LogP contribution in [0.15, 0.2) is 23.3 Å². The summed E-state index contributed by atoms with van der Waals surface area (Å²) in [5.74, 6) is -2.34. The van der Waals surface area contributed by atoms with Gasteiger partial charge in [0.1, 0.15) is 6.10 Å². The van der Waals surface area contributed by atoms with Crippen molar-refractivity contribution in [1.29, 1.82) is 0 Å². The Hall–Kier alpha value is -3.11. The fourth-order valence-corrected chi connectivity index (χ4v) is 2.94. The minimum Gasteiger partial charge on any atom is -0.486 e. The molecule has 1 aliphatic heterocycles. The summed E-state index contributed by atoms with van der Waals surface area (Å²) >= 11 is 0. The molecular formula is C17H16F3N3O5. The molecule has 0 spiro atoms. The summed E-state index contributed by atoms with van der Waals surface area (Å²) in [5, 5.41) is 0.207. The first kappa shape index (κ1) is 19.6. The van der Waals surface area contributed by atoms with Gasteiger partial charge in [-0.25, -0.2) is 4.98 Å². The van der Waals surface area contributed by atoms with Crippen LogP contribution in [0.1, 0.15) is 19.8 Å². The average molecular weight is 399 g/mol. The van der Waals surface area contributed by atoms with E-state index in [1.165, 1.54) is 25.4 Å². The van der Waals surface area contributed by atoms with E-state index in [0.29, 0.717) is 0 Å². The van der Waals surface area contributed by atoms with Gasteiger partial charge < -0.3 is 19.4 Å².